The van der Waals surface area contributed by atoms with Crippen LogP contribution in [0.4, 0.5) is 0 Å². The number of fused-ring (bicyclic) bond motifs is 1. The second-order valence-corrected chi connectivity index (χ2v) is 12.4. The third kappa shape index (κ3) is 4.53. The summed E-state index contributed by atoms with van der Waals surface area (Å²) in [5, 5.41) is 10.4. The average molecular weight is 570 g/mol. The molecule has 3 heterocycles. The predicted octanol–water partition coefficient (Wildman–Crippen LogP) is 3.05. The standard InChI is InChI=1S/C27H41BrN2O6/c1-5-12-29(17-10-8-7-9-11-17)25(33)23-27-14-19(28)22(36-27)20(26(34)35-6-2)21(27)24(32)30(23)18(15-31)13-16(3)4/h5,16-23,31H,1,6-15H2,2-4H3/t18-,19?,20+,21-,22+,23+,27-/m1/s1. The van der Waals surface area contributed by atoms with Gasteiger partial charge in [-0.15, -0.1) is 6.58 Å². The van der Waals surface area contributed by atoms with Crippen molar-refractivity contribution in [3.63, 3.8) is 0 Å². The van der Waals surface area contributed by atoms with Crippen LogP contribution in [-0.4, -0.2) is 87.1 Å². The molecule has 9 heteroatoms. The van der Waals surface area contributed by atoms with Gasteiger partial charge in [-0.25, -0.2) is 0 Å². The highest BCUT2D eigenvalue weighted by Crippen LogP contribution is 2.61. The maximum atomic E-state index is 14.5. The summed E-state index contributed by atoms with van der Waals surface area (Å²) in [7, 11) is 0. The molecule has 36 heavy (non-hydrogen) atoms. The molecule has 3 saturated heterocycles. The van der Waals surface area contributed by atoms with Crippen LogP contribution in [0, 0.1) is 17.8 Å². The average Bonchev–Trinajstić information content (AvgIpc) is 3.44. The van der Waals surface area contributed by atoms with Crippen LogP contribution in [0.15, 0.2) is 12.7 Å². The van der Waals surface area contributed by atoms with E-state index < -0.39 is 41.6 Å². The summed E-state index contributed by atoms with van der Waals surface area (Å²) in [4.78, 5) is 45.1. The van der Waals surface area contributed by atoms with Gasteiger partial charge in [-0.1, -0.05) is 55.1 Å². The minimum absolute atomic E-state index is 0.0774. The Hall–Kier alpha value is -1.45. The zero-order valence-corrected chi connectivity index (χ0v) is 23.3. The van der Waals surface area contributed by atoms with E-state index in [1.165, 1.54) is 0 Å². The van der Waals surface area contributed by atoms with Crippen LogP contribution in [0.25, 0.3) is 0 Å². The second-order valence-electron chi connectivity index (χ2n) is 11.2. The molecule has 8 nitrogen and oxygen atoms in total. The zero-order valence-electron chi connectivity index (χ0n) is 21.7. The smallest absolute Gasteiger partial charge is 0.312 e. The number of hydrogen-bond acceptors (Lipinski definition) is 6. The molecule has 4 aliphatic rings. The molecule has 202 valence electrons. The lowest BCUT2D eigenvalue weighted by Crippen LogP contribution is -2.60. The van der Waals surface area contributed by atoms with Gasteiger partial charge < -0.3 is 24.4 Å². The van der Waals surface area contributed by atoms with E-state index in [1.807, 2.05) is 18.7 Å². The summed E-state index contributed by atoms with van der Waals surface area (Å²) in [6, 6.07) is -1.37. The van der Waals surface area contributed by atoms with Gasteiger partial charge in [0.2, 0.25) is 11.8 Å². The Balaban J connectivity index is 1.79. The number of rotatable bonds is 10. The van der Waals surface area contributed by atoms with Gasteiger partial charge in [0.15, 0.2) is 0 Å². The predicted molar refractivity (Wildman–Crippen MR) is 138 cm³/mol. The summed E-state index contributed by atoms with van der Waals surface area (Å²) < 4.78 is 11.9. The van der Waals surface area contributed by atoms with Gasteiger partial charge in [0.1, 0.15) is 11.6 Å². The Labute approximate surface area is 222 Å². The highest BCUT2D eigenvalue weighted by Gasteiger charge is 2.77. The van der Waals surface area contributed by atoms with Crippen LogP contribution in [0.5, 0.6) is 0 Å². The van der Waals surface area contributed by atoms with Crippen LogP contribution in [0.2, 0.25) is 0 Å². The minimum atomic E-state index is -1.14. The van der Waals surface area contributed by atoms with E-state index in [1.54, 1.807) is 17.9 Å². The molecule has 4 rings (SSSR count). The molecule has 2 amide bonds. The fraction of sp³-hybridized carbons (Fsp3) is 0.815. The van der Waals surface area contributed by atoms with E-state index >= 15 is 0 Å². The first-order chi connectivity index (χ1) is 17.2. The molecule has 0 aromatic carbocycles. The van der Waals surface area contributed by atoms with Crippen LogP contribution >= 0.6 is 15.9 Å². The first-order valence-corrected chi connectivity index (χ1v) is 14.5. The fourth-order valence-electron chi connectivity index (χ4n) is 7.18. The summed E-state index contributed by atoms with van der Waals surface area (Å²) in [5.41, 5.74) is -1.14. The summed E-state index contributed by atoms with van der Waals surface area (Å²) in [6.07, 6.45) is 7.32. The SMILES string of the molecule is C=CCN(C(=O)[C@@H]1N([C@@H](CO)CC(C)C)C(=O)[C@H]2[C@H](C(=O)OCC)[C@H]3O[C@@]12CC3Br)C1CCCCC1. The monoisotopic (exact) mass is 568 g/mol. The molecule has 1 saturated carbocycles. The van der Waals surface area contributed by atoms with Gasteiger partial charge >= 0.3 is 5.97 Å². The molecular weight excluding hydrogens is 528 g/mol. The number of hydrogen-bond donors (Lipinski definition) is 1. The molecule has 7 atom stereocenters. The maximum absolute atomic E-state index is 14.5. The molecule has 1 unspecified atom stereocenters. The number of alkyl halides is 1. The van der Waals surface area contributed by atoms with E-state index in [0.29, 0.717) is 19.4 Å². The van der Waals surface area contributed by atoms with Gasteiger partial charge in [0, 0.05) is 17.4 Å². The van der Waals surface area contributed by atoms with Crippen molar-refractivity contribution in [3.8, 4) is 0 Å². The Morgan fingerprint density at radius 3 is 2.61 bits per heavy atom. The van der Waals surface area contributed by atoms with E-state index in [2.05, 4.69) is 22.5 Å². The summed E-state index contributed by atoms with van der Waals surface area (Å²) in [5.74, 6) is -2.29. The van der Waals surface area contributed by atoms with Crippen molar-refractivity contribution in [2.75, 3.05) is 19.8 Å². The number of carbonyl (C=O) groups is 3. The lowest BCUT2D eigenvalue weighted by molar-refractivity contribution is -0.157. The highest BCUT2D eigenvalue weighted by molar-refractivity contribution is 9.09. The lowest BCUT2D eigenvalue weighted by atomic mass is 9.70. The first kappa shape index (κ1) is 27.6. The van der Waals surface area contributed by atoms with Crippen molar-refractivity contribution >= 4 is 33.7 Å². The molecule has 1 N–H and O–H groups in total. The summed E-state index contributed by atoms with van der Waals surface area (Å²) in [6.45, 7) is 10.0. The maximum Gasteiger partial charge on any atom is 0.312 e. The largest absolute Gasteiger partial charge is 0.466 e. The van der Waals surface area contributed by atoms with Crippen LogP contribution in [-0.2, 0) is 23.9 Å². The van der Waals surface area contributed by atoms with Crippen molar-refractivity contribution in [2.45, 2.75) is 100 Å². The molecule has 2 bridgehead atoms. The quantitative estimate of drug-likeness (QED) is 0.247. The lowest BCUT2D eigenvalue weighted by Gasteiger charge is -2.42. The van der Waals surface area contributed by atoms with Crippen molar-refractivity contribution in [1.82, 2.24) is 9.80 Å². The normalized spacial score (nSPS) is 34.7. The topological polar surface area (TPSA) is 96.4 Å². The van der Waals surface area contributed by atoms with Crippen molar-refractivity contribution < 1.29 is 29.0 Å². The molecule has 1 aliphatic carbocycles. The molecule has 0 aromatic rings. The van der Waals surface area contributed by atoms with E-state index in [-0.39, 0.29) is 41.8 Å². The Bertz CT molecular complexity index is 861. The number of aliphatic hydroxyl groups is 1. The van der Waals surface area contributed by atoms with E-state index in [4.69, 9.17) is 9.47 Å². The third-order valence-corrected chi connectivity index (χ3v) is 9.34. The number of aliphatic hydroxyl groups excluding tert-OH is 1. The van der Waals surface area contributed by atoms with Crippen LogP contribution in [0.3, 0.4) is 0 Å². The Morgan fingerprint density at radius 2 is 2.03 bits per heavy atom. The molecule has 1 spiro atoms. The van der Waals surface area contributed by atoms with Crippen molar-refractivity contribution in [2.24, 2.45) is 17.8 Å². The number of ether oxygens (including phenoxy) is 2. The molecule has 0 aromatic heterocycles. The Kier molecular flexibility index (Phi) is 8.52. The van der Waals surface area contributed by atoms with Crippen LogP contribution < -0.4 is 0 Å². The van der Waals surface area contributed by atoms with Gasteiger partial charge in [0.25, 0.3) is 0 Å². The first-order valence-electron chi connectivity index (χ1n) is 13.5. The number of carbonyl (C=O) groups excluding carboxylic acids is 3. The van der Waals surface area contributed by atoms with Gasteiger partial charge in [0.05, 0.1) is 37.2 Å². The fourth-order valence-corrected chi connectivity index (χ4v) is 8.12. The van der Waals surface area contributed by atoms with Gasteiger partial charge in [-0.2, -0.15) is 0 Å². The number of halogens is 1. The third-order valence-electron chi connectivity index (χ3n) is 8.49. The molecule has 3 aliphatic heterocycles. The molecule has 0 radical (unpaired) electrons. The number of esters is 1. The second kappa shape index (κ2) is 11.1. The van der Waals surface area contributed by atoms with Crippen LogP contribution in [0.1, 0.15) is 65.7 Å². The zero-order chi connectivity index (χ0) is 26.2. The van der Waals surface area contributed by atoms with E-state index in [9.17, 15) is 19.5 Å². The summed E-state index contributed by atoms with van der Waals surface area (Å²) >= 11 is 3.69. The van der Waals surface area contributed by atoms with Gasteiger partial charge in [-0.3, -0.25) is 14.4 Å². The highest BCUT2D eigenvalue weighted by atomic mass is 79.9. The molecule has 4 fully saturated rings. The van der Waals surface area contributed by atoms with E-state index in [0.717, 1.165) is 32.1 Å². The Morgan fingerprint density at radius 1 is 1.33 bits per heavy atom. The number of amides is 2. The van der Waals surface area contributed by atoms with Crippen molar-refractivity contribution in [1.29, 1.82) is 0 Å². The number of likely N-dealkylation sites (tertiary alicyclic amines) is 1. The number of nitrogens with zero attached hydrogens (tertiary/aromatic N) is 2. The van der Waals surface area contributed by atoms with Crippen molar-refractivity contribution in [3.05, 3.63) is 12.7 Å². The molecular formula is C27H41BrN2O6. The van der Waals surface area contributed by atoms with Gasteiger partial charge in [-0.05, 0) is 38.5 Å². The minimum Gasteiger partial charge on any atom is -0.466 e.